The van der Waals surface area contributed by atoms with Crippen LogP contribution in [-0.2, 0) is 0 Å². The van der Waals surface area contributed by atoms with Crippen LogP contribution in [0.1, 0.15) is 18.2 Å². The summed E-state index contributed by atoms with van der Waals surface area (Å²) in [7, 11) is 0. The Balaban J connectivity index is 1.16. The summed E-state index contributed by atoms with van der Waals surface area (Å²) in [4.78, 5) is 14.7. The molecule has 2 aromatic heterocycles. The van der Waals surface area contributed by atoms with Crippen molar-refractivity contribution in [2.24, 2.45) is 0 Å². The van der Waals surface area contributed by atoms with Gasteiger partial charge in [-0.15, -0.1) is 0 Å². The van der Waals surface area contributed by atoms with E-state index in [9.17, 15) is 0 Å². The average Bonchev–Trinajstić information content (AvgIpc) is 3.48. The minimum absolute atomic E-state index is 0.132. The third kappa shape index (κ3) is 4.73. The average molecular weight is 554 g/mol. The molecule has 8 rings (SSSR count). The fraction of sp³-hybridized carbons (Fsp3) is 0.0513. The summed E-state index contributed by atoms with van der Waals surface area (Å²) in [5, 5.41) is 2.28. The van der Waals surface area contributed by atoms with E-state index in [1.165, 1.54) is 5.56 Å². The SMILES string of the molecule is C1=CCC(c2nc(-c3ccccc3)nc(-c3ccc(-c4cccc(-c5cccc6oc7ccccc7c56)c4)cc3)n2)C=C1. The summed E-state index contributed by atoms with van der Waals surface area (Å²) in [6, 6.07) is 41.8. The molecule has 4 nitrogen and oxygen atoms in total. The van der Waals surface area contributed by atoms with Crippen LogP contribution in [0.2, 0.25) is 0 Å². The second-order valence-corrected chi connectivity index (χ2v) is 10.8. The van der Waals surface area contributed by atoms with Gasteiger partial charge in [-0.05, 0) is 46.9 Å². The van der Waals surface area contributed by atoms with Crippen molar-refractivity contribution in [3.63, 3.8) is 0 Å². The van der Waals surface area contributed by atoms with Crippen LogP contribution in [0.25, 0.3) is 67.0 Å². The highest BCUT2D eigenvalue weighted by Gasteiger charge is 2.17. The molecule has 0 amide bonds. The number of allylic oxidation sites excluding steroid dienone is 4. The molecule has 0 saturated heterocycles. The Kier molecular flexibility index (Phi) is 6.23. The molecule has 0 radical (unpaired) electrons. The van der Waals surface area contributed by atoms with Gasteiger partial charge in [-0.2, -0.15) is 0 Å². The van der Waals surface area contributed by atoms with E-state index in [2.05, 4.69) is 97.1 Å². The number of hydrogen-bond donors (Lipinski definition) is 0. The predicted molar refractivity (Wildman–Crippen MR) is 174 cm³/mol. The lowest BCUT2D eigenvalue weighted by molar-refractivity contribution is 0.669. The molecule has 1 aliphatic rings. The lowest BCUT2D eigenvalue weighted by Crippen LogP contribution is -2.07. The van der Waals surface area contributed by atoms with Crippen molar-refractivity contribution in [1.82, 2.24) is 15.0 Å². The summed E-state index contributed by atoms with van der Waals surface area (Å²) in [6.45, 7) is 0. The molecule has 5 aromatic carbocycles. The summed E-state index contributed by atoms with van der Waals surface area (Å²) in [5.41, 5.74) is 8.36. The van der Waals surface area contributed by atoms with Gasteiger partial charge in [0, 0.05) is 27.8 Å². The Bertz CT molecular complexity index is 2160. The monoisotopic (exact) mass is 553 g/mol. The Labute approximate surface area is 249 Å². The van der Waals surface area contributed by atoms with Gasteiger partial charge in [0.25, 0.3) is 0 Å². The summed E-state index contributed by atoms with van der Waals surface area (Å²) in [5.74, 6) is 2.31. The zero-order valence-corrected chi connectivity index (χ0v) is 23.4. The van der Waals surface area contributed by atoms with E-state index in [1.54, 1.807) is 0 Å². The maximum atomic E-state index is 6.14. The van der Waals surface area contributed by atoms with E-state index < -0.39 is 0 Å². The molecule has 0 bridgehead atoms. The molecule has 43 heavy (non-hydrogen) atoms. The molecule has 0 aliphatic heterocycles. The van der Waals surface area contributed by atoms with Crippen molar-refractivity contribution in [3.8, 4) is 45.0 Å². The second kappa shape index (κ2) is 10.7. The van der Waals surface area contributed by atoms with E-state index in [4.69, 9.17) is 19.4 Å². The van der Waals surface area contributed by atoms with Crippen LogP contribution in [0.5, 0.6) is 0 Å². The molecule has 2 heterocycles. The van der Waals surface area contributed by atoms with Crippen LogP contribution in [-0.4, -0.2) is 15.0 Å². The number of benzene rings is 5. The Morgan fingerprint density at radius 3 is 2.02 bits per heavy atom. The highest BCUT2D eigenvalue weighted by Crippen LogP contribution is 2.38. The molecular weight excluding hydrogens is 526 g/mol. The van der Waals surface area contributed by atoms with Gasteiger partial charge in [0.1, 0.15) is 17.0 Å². The van der Waals surface area contributed by atoms with Gasteiger partial charge >= 0.3 is 0 Å². The first-order valence-corrected chi connectivity index (χ1v) is 14.6. The summed E-state index contributed by atoms with van der Waals surface area (Å²) >= 11 is 0. The van der Waals surface area contributed by atoms with Crippen LogP contribution in [0.15, 0.2) is 150 Å². The van der Waals surface area contributed by atoms with Crippen LogP contribution in [0.3, 0.4) is 0 Å². The highest BCUT2D eigenvalue weighted by atomic mass is 16.3. The van der Waals surface area contributed by atoms with Crippen molar-refractivity contribution >= 4 is 21.9 Å². The summed E-state index contributed by atoms with van der Waals surface area (Å²) in [6.07, 6.45) is 9.35. The molecule has 7 aromatic rings. The van der Waals surface area contributed by atoms with Crippen LogP contribution in [0, 0.1) is 0 Å². The van der Waals surface area contributed by atoms with Crippen molar-refractivity contribution in [2.75, 3.05) is 0 Å². The van der Waals surface area contributed by atoms with Crippen LogP contribution >= 0.6 is 0 Å². The molecule has 1 atom stereocenters. The van der Waals surface area contributed by atoms with Gasteiger partial charge in [-0.1, -0.05) is 127 Å². The normalized spacial score (nSPS) is 14.5. The van der Waals surface area contributed by atoms with Crippen LogP contribution < -0.4 is 0 Å². The number of furan rings is 1. The fourth-order valence-corrected chi connectivity index (χ4v) is 5.87. The number of hydrogen-bond acceptors (Lipinski definition) is 4. The van der Waals surface area contributed by atoms with Crippen molar-refractivity contribution in [2.45, 2.75) is 12.3 Å². The van der Waals surface area contributed by atoms with Crippen molar-refractivity contribution in [3.05, 3.63) is 151 Å². The summed E-state index contributed by atoms with van der Waals surface area (Å²) < 4.78 is 6.14. The molecule has 0 fully saturated rings. The smallest absolute Gasteiger partial charge is 0.163 e. The largest absolute Gasteiger partial charge is 0.456 e. The topological polar surface area (TPSA) is 51.8 Å². The first-order valence-electron chi connectivity index (χ1n) is 14.6. The van der Waals surface area contributed by atoms with E-state index in [0.717, 1.165) is 62.0 Å². The standard InChI is InChI=1S/C39H27N3O/c1-3-11-27(12-4-1)37-40-38(28-13-5-2-6-14-28)42-39(41-37)29-23-21-26(22-24-29)30-15-9-16-31(25-30)32-18-10-20-35-36(32)33-17-7-8-19-34(33)43-35/h1-13,15-25,28H,14H2. The molecule has 1 aliphatic carbocycles. The second-order valence-electron chi connectivity index (χ2n) is 10.8. The fourth-order valence-electron chi connectivity index (χ4n) is 5.87. The first-order chi connectivity index (χ1) is 21.3. The number of para-hydroxylation sites is 1. The minimum Gasteiger partial charge on any atom is -0.456 e. The third-order valence-corrected chi connectivity index (χ3v) is 8.05. The van der Waals surface area contributed by atoms with Gasteiger partial charge < -0.3 is 4.42 Å². The zero-order chi connectivity index (χ0) is 28.6. The molecule has 1 unspecified atom stereocenters. The number of fused-ring (bicyclic) bond motifs is 3. The quantitative estimate of drug-likeness (QED) is 0.213. The van der Waals surface area contributed by atoms with Crippen LogP contribution in [0.4, 0.5) is 0 Å². The molecule has 204 valence electrons. The lowest BCUT2D eigenvalue weighted by atomic mass is 9.95. The van der Waals surface area contributed by atoms with Crippen molar-refractivity contribution < 1.29 is 4.42 Å². The van der Waals surface area contributed by atoms with Gasteiger partial charge in [0.05, 0.1) is 0 Å². The minimum atomic E-state index is 0.132. The Morgan fingerprint density at radius 1 is 0.535 bits per heavy atom. The van der Waals surface area contributed by atoms with Gasteiger partial charge in [0.2, 0.25) is 0 Å². The van der Waals surface area contributed by atoms with Crippen molar-refractivity contribution in [1.29, 1.82) is 0 Å². The first kappa shape index (κ1) is 25.1. The Morgan fingerprint density at radius 2 is 1.21 bits per heavy atom. The zero-order valence-electron chi connectivity index (χ0n) is 23.4. The van der Waals surface area contributed by atoms with Gasteiger partial charge in [-0.3, -0.25) is 0 Å². The van der Waals surface area contributed by atoms with E-state index in [1.807, 2.05) is 48.5 Å². The van der Waals surface area contributed by atoms with Gasteiger partial charge in [-0.25, -0.2) is 15.0 Å². The van der Waals surface area contributed by atoms with E-state index in [-0.39, 0.29) is 5.92 Å². The number of rotatable bonds is 5. The number of nitrogens with zero attached hydrogens (tertiary/aromatic N) is 3. The lowest BCUT2D eigenvalue weighted by Gasteiger charge is -2.14. The molecule has 0 N–H and O–H groups in total. The molecule has 0 saturated carbocycles. The predicted octanol–water partition coefficient (Wildman–Crippen LogP) is 10.0. The Hall–Kier alpha value is -5.61. The molecule has 0 spiro atoms. The van der Waals surface area contributed by atoms with E-state index >= 15 is 0 Å². The molecular formula is C39H27N3O. The molecule has 4 heteroatoms. The number of aromatic nitrogens is 3. The maximum Gasteiger partial charge on any atom is 0.163 e. The van der Waals surface area contributed by atoms with E-state index in [0.29, 0.717) is 11.6 Å². The highest BCUT2D eigenvalue weighted by molar-refractivity contribution is 6.12. The third-order valence-electron chi connectivity index (χ3n) is 8.05. The maximum absolute atomic E-state index is 6.14. The van der Waals surface area contributed by atoms with Gasteiger partial charge in [0.15, 0.2) is 11.6 Å².